The molecule has 0 amide bonds. The lowest BCUT2D eigenvalue weighted by molar-refractivity contribution is -0.321. The van der Waals surface area contributed by atoms with Crippen molar-refractivity contribution in [1.29, 1.82) is 0 Å². The molecule has 10 heteroatoms. The maximum Gasteiger partial charge on any atom is 0.454 e. The highest BCUT2D eigenvalue weighted by Crippen LogP contribution is 2.63. The molecule has 5 rings (SSSR count). The van der Waals surface area contributed by atoms with Crippen LogP contribution in [0.25, 0.3) is 12.2 Å². The van der Waals surface area contributed by atoms with Crippen LogP contribution in [0.5, 0.6) is 0 Å². The summed E-state index contributed by atoms with van der Waals surface area (Å²) in [4.78, 5) is 0. The molecule has 0 heterocycles. The van der Waals surface area contributed by atoms with E-state index in [1.807, 2.05) is 36.4 Å². The van der Waals surface area contributed by atoms with Gasteiger partial charge in [-0.15, -0.1) is 0 Å². The lowest BCUT2D eigenvalue weighted by atomic mass is 9.56. The summed E-state index contributed by atoms with van der Waals surface area (Å²) >= 11 is 0. The van der Waals surface area contributed by atoms with E-state index in [0.717, 1.165) is 23.3 Å². The predicted molar refractivity (Wildman–Crippen MR) is 132 cm³/mol. The largest absolute Gasteiger partial charge is 0.454 e. The standard InChI is InChI=1S/C30H26F10/c1-25(27(31,32)29(35,36)37)13-14-26(2,28(33,34)30(38,39)40)24-16-22-19(11-12-20(22)15-23(24)25)10-9-18-8-7-17-5-3-4-6-21(17)18/h3-8,11-12,15-16,18-19H,9-10,13-14H2,1-2H3. The van der Waals surface area contributed by atoms with Crippen LogP contribution in [0.2, 0.25) is 0 Å². The topological polar surface area (TPSA) is 0 Å². The van der Waals surface area contributed by atoms with Gasteiger partial charge in [0.1, 0.15) is 0 Å². The first kappa shape index (κ1) is 28.7. The molecule has 0 nitrogen and oxygen atoms in total. The summed E-state index contributed by atoms with van der Waals surface area (Å²) in [5.41, 5.74) is -4.99. The molecule has 3 aliphatic carbocycles. The van der Waals surface area contributed by atoms with Gasteiger partial charge >= 0.3 is 24.2 Å². The van der Waals surface area contributed by atoms with Crippen LogP contribution < -0.4 is 0 Å². The highest BCUT2D eigenvalue weighted by Gasteiger charge is 2.74. The Kier molecular flexibility index (Phi) is 6.36. The van der Waals surface area contributed by atoms with E-state index in [9.17, 15) is 35.1 Å². The molecule has 3 aliphatic rings. The van der Waals surface area contributed by atoms with Crippen molar-refractivity contribution in [2.75, 3.05) is 0 Å². The molecule has 40 heavy (non-hydrogen) atoms. The molecule has 4 unspecified atom stereocenters. The quantitative estimate of drug-likeness (QED) is 0.311. The van der Waals surface area contributed by atoms with Crippen LogP contribution >= 0.6 is 0 Å². The van der Waals surface area contributed by atoms with Crippen molar-refractivity contribution in [3.8, 4) is 0 Å². The van der Waals surface area contributed by atoms with Crippen molar-refractivity contribution in [2.45, 2.75) is 86.4 Å². The van der Waals surface area contributed by atoms with Crippen molar-refractivity contribution < 1.29 is 43.9 Å². The Balaban J connectivity index is 1.59. The fourth-order valence-corrected chi connectivity index (χ4v) is 6.57. The summed E-state index contributed by atoms with van der Waals surface area (Å²) in [6.45, 7) is 1.20. The average Bonchev–Trinajstić information content (AvgIpc) is 3.46. The summed E-state index contributed by atoms with van der Waals surface area (Å²) < 4.78 is 142. The van der Waals surface area contributed by atoms with Gasteiger partial charge in [-0.2, -0.15) is 43.9 Å². The second kappa shape index (κ2) is 8.86. The van der Waals surface area contributed by atoms with Crippen LogP contribution in [0.3, 0.4) is 0 Å². The van der Waals surface area contributed by atoms with E-state index in [0.29, 0.717) is 32.3 Å². The lowest BCUT2D eigenvalue weighted by Crippen LogP contribution is -2.61. The number of hydrogen-bond acceptors (Lipinski definition) is 0. The molecule has 0 aromatic heterocycles. The minimum absolute atomic E-state index is 0.0554. The van der Waals surface area contributed by atoms with Gasteiger partial charge in [-0.1, -0.05) is 60.7 Å². The Morgan fingerprint density at radius 3 is 1.60 bits per heavy atom. The molecule has 0 spiro atoms. The molecule has 4 atom stereocenters. The molecule has 2 aromatic carbocycles. The summed E-state index contributed by atoms with van der Waals surface area (Å²) in [6, 6.07) is 9.71. The maximum absolute atomic E-state index is 15.0. The molecule has 0 radical (unpaired) electrons. The molecular weight excluding hydrogens is 550 g/mol. The molecule has 2 aromatic rings. The van der Waals surface area contributed by atoms with Crippen molar-refractivity contribution in [2.24, 2.45) is 0 Å². The molecule has 216 valence electrons. The van der Waals surface area contributed by atoms with Gasteiger partial charge < -0.3 is 0 Å². The number of rotatable bonds is 5. The predicted octanol–water partition coefficient (Wildman–Crippen LogP) is 10.1. The lowest BCUT2D eigenvalue weighted by Gasteiger charge is -2.50. The van der Waals surface area contributed by atoms with E-state index in [1.54, 1.807) is 6.08 Å². The SMILES string of the molecule is CC1(C(F)(F)C(F)(F)F)CCC(C)(C(F)(F)C(F)(F)F)c2cc3c(cc21)C=CC3CCC1C=Cc2ccccc21. The second-order valence-electron chi connectivity index (χ2n) is 11.5. The number of hydrogen-bond donors (Lipinski definition) is 0. The zero-order valence-electron chi connectivity index (χ0n) is 21.5. The number of benzene rings is 2. The van der Waals surface area contributed by atoms with Crippen LogP contribution in [0.1, 0.15) is 84.7 Å². The highest BCUT2D eigenvalue weighted by molar-refractivity contribution is 5.67. The van der Waals surface area contributed by atoms with Gasteiger partial charge in [-0.3, -0.25) is 0 Å². The van der Waals surface area contributed by atoms with Crippen molar-refractivity contribution >= 4 is 12.2 Å². The van der Waals surface area contributed by atoms with E-state index in [-0.39, 0.29) is 11.5 Å². The zero-order chi connectivity index (χ0) is 29.5. The molecule has 0 fully saturated rings. The first-order valence-corrected chi connectivity index (χ1v) is 12.9. The number of allylic oxidation sites excluding steroid dienone is 2. The van der Waals surface area contributed by atoms with Gasteiger partial charge in [-0.25, -0.2) is 0 Å². The van der Waals surface area contributed by atoms with Crippen LogP contribution in [0.4, 0.5) is 43.9 Å². The van der Waals surface area contributed by atoms with E-state index in [2.05, 4.69) is 0 Å². The Labute approximate surface area is 224 Å². The minimum atomic E-state index is -6.04. The van der Waals surface area contributed by atoms with Crippen LogP contribution in [-0.2, 0) is 10.8 Å². The van der Waals surface area contributed by atoms with Crippen LogP contribution in [-0.4, -0.2) is 24.2 Å². The Bertz CT molecular complexity index is 1380. The molecule has 0 N–H and O–H groups in total. The van der Waals surface area contributed by atoms with Gasteiger partial charge in [0.05, 0.1) is 10.8 Å². The molecule has 0 aliphatic heterocycles. The smallest absolute Gasteiger partial charge is 0.195 e. The summed E-state index contributed by atoms with van der Waals surface area (Å²) in [7, 11) is 0. The number of halogens is 10. The zero-order valence-corrected chi connectivity index (χ0v) is 21.5. The molecular formula is C30H26F10. The van der Waals surface area contributed by atoms with Gasteiger partial charge in [0.25, 0.3) is 0 Å². The van der Waals surface area contributed by atoms with E-state index >= 15 is 8.78 Å². The number of fused-ring (bicyclic) bond motifs is 3. The third kappa shape index (κ3) is 3.95. The first-order chi connectivity index (χ1) is 18.4. The average molecular weight is 577 g/mol. The monoisotopic (exact) mass is 576 g/mol. The normalized spacial score (nSPS) is 28.0. The fraction of sp³-hybridized carbons (Fsp3) is 0.467. The number of alkyl halides is 10. The van der Waals surface area contributed by atoms with E-state index < -0.39 is 64.9 Å². The fourth-order valence-electron chi connectivity index (χ4n) is 6.57. The Morgan fingerprint density at radius 1 is 0.625 bits per heavy atom. The van der Waals surface area contributed by atoms with Crippen molar-refractivity contribution in [3.63, 3.8) is 0 Å². The van der Waals surface area contributed by atoms with Gasteiger partial charge in [0.2, 0.25) is 0 Å². The van der Waals surface area contributed by atoms with Crippen LogP contribution in [0, 0.1) is 0 Å². The Morgan fingerprint density at radius 2 is 1.07 bits per heavy atom. The van der Waals surface area contributed by atoms with Crippen molar-refractivity contribution in [3.05, 3.63) is 81.9 Å². The molecule has 0 bridgehead atoms. The maximum atomic E-state index is 15.0. The van der Waals surface area contributed by atoms with Gasteiger partial charge in [0, 0.05) is 11.8 Å². The minimum Gasteiger partial charge on any atom is -0.195 e. The summed E-state index contributed by atoms with van der Waals surface area (Å²) in [5, 5.41) is 0. The van der Waals surface area contributed by atoms with Crippen LogP contribution in [0.15, 0.2) is 48.6 Å². The van der Waals surface area contributed by atoms with Crippen molar-refractivity contribution in [1.82, 2.24) is 0 Å². The summed E-state index contributed by atoms with van der Waals surface area (Å²) in [5.74, 6) is -11.1. The highest BCUT2D eigenvalue weighted by atomic mass is 19.4. The van der Waals surface area contributed by atoms with Gasteiger partial charge in [0.15, 0.2) is 0 Å². The third-order valence-electron chi connectivity index (χ3n) is 9.23. The Hall–Kier alpha value is -2.78. The molecule has 0 saturated carbocycles. The van der Waals surface area contributed by atoms with E-state index in [1.165, 1.54) is 6.08 Å². The summed E-state index contributed by atoms with van der Waals surface area (Å²) in [6.07, 6.45) is -6.24. The second-order valence-corrected chi connectivity index (χ2v) is 11.5. The first-order valence-electron chi connectivity index (χ1n) is 12.9. The van der Waals surface area contributed by atoms with E-state index in [4.69, 9.17) is 0 Å². The molecule has 0 saturated heterocycles. The van der Waals surface area contributed by atoms with Gasteiger partial charge in [-0.05, 0) is 72.9 Å². The third-order valence-corrected chi connectivity index (χ3v) is 9.23.